The van der Waals surface area contributed by atoms with Crippen LogP contribution in [0.3, 0.4) is 0 Å². The maximum atomic E-state index is 12.2. The Labute approximate surface area is 143 Å². The monoisotopic (exact) mass is 353 g/mol. The number of carbonyl (C=O) groups is 1. The molecular formula is C15H19N3OS3. The van der Waals surface area contributed by atoms with Gasteiger partial charge in [0.1, 0.15) is 0 Å². The van der Waals surface area contributed by atoms with E-state index in [0.717, 1.165) is 8.68 Å². The molecular weight excluding hydrogens is 334 g/mol. The molecule has 1 heterocycles. The predicted molar refractivity (Wildman–Crippen MR) is 94.9 cm³/mol. The standard InChI is InChI=1S/C15H19N3OS3/c1-10(12-7-5-4-6-8-12)9-16-13(19)11(2)21-15-18-17-14(20-3)22-15/h4-8,10-11H,9H2,1-3H3,(H,16,19). The summed E-state index contributed by atoms with van der Waals surface area (Å²) in [6.45, 7) is 4.65. The van der Waals surface area contributed by atoms with E-state index >= 15 is 0 Å². The zero-order valence-electron chi connectivity index (χ0n) is 12.8. The lowest BCUT2D eigenvalue weighted by molar-refractivity contribution is -0.120. The van der Waals surface area contributed by atoms with E-state index in [1.54, 1.807) is 11.8 Å². The lowest BCUT2D eigenvalue weighted by Crippen LogP contribution is -2.33. The van der Waals surface area contributed by atoms with Crippen molar-refractivity contribution in [2.75, 3.05) is 12.8 Å². The summed E-state index contributed by atoms with van der Waals surface area (Å²) in [6, 6.07) is 10.2. The molecule has 0 aliphatic carbocycles. The van der Waals surface area contributed by atoms with Crippen molar-refractivity contribution in [3.63, 3.8) is 0 Å². The Balaban J connectivity index is 1.81. The van der Waals surface area contributed by atoms with Crippen molar-refractivity contribution in [3.8, 4) is 0 Å². The summed E-state index contributed by atoms with van der Waals surface area (Å²) >= 11 is 4.55. The number of thioether (sulfide) groups is 2. The van der Waals surface area contributed by atoms with E-state index in [1.165, 1.54) is 28.7 Å². The lowest BCUT2D eigenvalue weighted by atomic mass is 10.0. The van der Waals surface area contributed by atoms with Gasteiger partial charge in [0.25, 0.3) is 0 Å². The van der Waals surface area contributed by atoms with E-state index in [4.69, 9.17) is 0 Å². The topological polar surface area (TPSA) is 54.9 Å². The summed E-state index contributed by atoms with van der Waals surface area (Å²) in [4.78, 5) is 12.2. The molecule has 22 heavy (non-hydrogen) atoms. The van der Waals surface area contributed by atoms with Crippen LogP contribution in [-0.4, -0.2) is 34.2 Å². The van der Waals surface area contributed by atoms with Gasteiger partial charge in [0.05, 0.1) is 5.25 Å². The van der Waals surface area contributed by atoms with Crippen LogP contribution in [0.2, 0.25) is 0 Å². The fraction of sp³-hybridized carbons (Fsp3) is 0.400. The molecule has 2 atom stereocenters. The Kier molecular flexibility index (Phi) is 6.72. The maximum absolute atomic E-state index is 12.2. The van der Waals surface area contributed by atoms with Crippen molar-refractivity contribution >= 4 is 40.8 Å². The Morgan fingerprint density at radius 1 is 1.23 bits per heavy atom. The van der Waals surface area contributed by atoms with Crippen LogP contribution in [0.25, 0.3) is 0 Å². The Bertz CT molecular complexity index is 603. The number of amides is 1. The molecule has 2 unspecified atom stereocenters. The predicted octanol–water partition coefficient (Wildman–Crippen LogP) is 3.66. The molecule has 1 amide bonds. The third-order valence-electron chi connectivity index (χ3n) is 3.16. The summed E-state index contributed by atoms with van der Waals surface area (Å²) in [5, 5.41) is 11.0. The van der Waals surface area contributed by atoms with Crippen molar-refractivity contribution in [2.24, 2.45) is 0 Å². The molecule has 2 rings (SSSR count). The maximum Gasteiger partial charge on any atom is 0.233 e. The van der Waals surface area contributed by atoms with Gasteiger partial charge in [0.15, 0.2) is 8.68 Å². The summed E-state index contributed by atoms with van der Waals surface area (Å²) in [6.07, 6.45) is 1.97. The zero-order chi connectivity index (χ0) is 15.9. The number of carbonyl (C=O) groups excluding carboxylic acids is 1. The second-order valence-electron chi connectivity index (χ2n) is 4.85. The van der Waals surface area contributed by atoms with Gasteiger partial charge in [-0.3, -0.25) is 4.79 Å². The highest BCUT2D eigenvalue weighted by atomic mass is 32.2. The first-order chi connectivity index (χ1) is 10.6. The van der Waals surface area contributed by atoms with Gasteiger partial charge >= 0.3 is 0 Å². The van der Waals surface area contributed by atoms with Gasteiger partial charge in [-0.25, -0.2) is 0 Å². The van der Waals surface area contributed by atoms with E-state index in [2.05, 4.69) is 34.6 Å². The van der Waals surface area contributed by atoms with E-state index in [0.29, 0.717) is 12.5 Å². The molecule has 0 radical (unpaired) electrons. The van der Waals surface area contributed by atoms with Crippen LogP contribution >= 0.6 is 34.9 Å². The molecule has 2 aromatic rings. The van der Waals surface area contributed by atoms with Gasteiger partial charge in [0.2, 0.25) is 5.91 Å². The molecule has 0 saturated carbocycles. The van der Waals surface area contributed by atoms with Crippen molar-refractivity contribution in [1.82, 2.24) is 15.5 Å². The fourth-order valence-corrected chi connectivity index (χ4v) is 4.44. The SMILES string of the molecule is CSc1nnc(SC(C)C(=O)NCC(C)c2ccccc2)s1. The number of nitrogens with zero attached hydrogens (tertiary/aromatic N) is 2. The highest BCUT2D eigenvalue weighted by Crippen LogP contribution is 2.30. The van der Waals surface area contributed by atoms with Gasteiger partial charge in [-0.15, -0.1) is 10.2 Å². The highest BCUT2D eigenvalue weighted by Gasteiger charge is 2.17. The largest absolute Gasteiger partial charge is 0.355 e. The normalized spacial score (nSPS) is 13.6. The Hall–Kier alpha value is -1.05. The van der Waals surface area contributed by atoms with Crippen molar-refractivity contribution < 1.29 is 4.79 Å². The van der Waals surface area contributed by atoms with Gasteiger partial charge in [-0.1, -0.05) is 72.1 Å². The first-order valence-corrected chi connectivity index (χ1v) is 9.89. The number of hydrogen-bond acceptors (Lipinski definition) is 6. The van der Waals surface area contributed by atoms with Crippen LogP contribution in [0.15, 0.2) is 39.0 Å². The minimum atomic E-state index is -0.175. The zero-order valence-corrected chi connectivity index (χ0v) is 15.2. The van der Waals surface area contributed by atoms with Gasteiger partial charge in [0, 0.05) is 6.54 Å². The molecule has 1 aromatic heterocycles. The average Bonchev–Trinajstić information content (AvgIpc) is 3.00. The Morgan fingerprint density at radius 2 is 1.91 bits per heavy atom. The summed E-state index contributed by atoms with van der Waals surface area (Å²) < 4.78 is 1.76. The van der Waals surface area contributed by atoms with Crippen molar-refractivity contribution in [2.45, 2.75) is 33.7 Å². The molecule has 0 spiro atoms. The molecule has 0 fully saturated rings. The van der Waals surface area contributed by atoms with Crippen LogP contribution in [0, 0.1) is 0 Å². The molecule has 118 valence electrons. The minimum Gasteiger partial charge on any atom is -0.355 e. The third kappa shape index (κ3) is 5.00. The van der Waals surface area contributed by atoms with E-state index in [-0.39, 0.29) is 11.2 Å². The molecule has 0 aliphatic rings. The molecule has 1 N–H and O–H groups in total. The van der Waals surface area contributed by atoms with Crippen molar-refractivity contribution in [3.05, 3.63) is 35.9 Å². The van der Waals surface area contributed by atoms with E-state index < -0.39 is 0 Å². The summed E-state index contributed by atoms with van der Waals surface area (Å²) in [5.74, 6) is 0.334. The van der Waals surface area contributed by atoms with Crippen LogP contribution in [0.1, 0.15) is 25.3 Å². The first-order valence-electron chi connectivity index (χ1n) is 6.97. The fourth-order valence-electron chi connectivity index (χ4n) is 1.83. The number of benzene rings is 1. The molecule has 4 nitrogen and oxygen atoms in total. The van der Waals surface area contributed by atoms with E-state index in [1.807, 2.05) is 31.4 Å². The number of hydrogen-bond donors (Lipinski definition) is 1. The summed E-state index contributed by atoms with van der Waals surface area (Å²) in [5.41, 5.74) is 1.23. The second kappa shape index (κ2) is 8.55. The van der Waals surface area contributed by atoms with Crippen LogP contribution in [-0.2, 0) is 4.79 Å². The van der Waals surface area contributed by atoms with Gasteiger partial charge in [-0.2, -0.15) is 0 Å². The Morgan fingerprint density at radius 3 is 2.55 bits per heavy atom. The summed E-state index contributed by atoms with van der Waals surface area (Å²) in [7, 11) is 0. The molecule has 0 bridgehead atoms. The smallest absolute Gasteiger partial charge is 0.233 e. The molecule has 1 aromatic carbocycles. The quantitative estimate of drug-likeness (QED) is 0.770. The van der Waals surface area contributed by atoms with Gasteiger partial charge in [-0.05, 0) is 24.7 Å². The first kappa shape index (κ1) is 17.3. The second-order valence-corrected chi connectivity index (χ2v) is 8.47. The lowest BCUT2D eigenvalue weighted by Gasteiger charge is -2.15. The minimum absolute atomic E-state index is 0.0358. The molecule has 7 heteroatoms. The number of aromatic nitrogens is 2. The van der Waals surface area contributed by atoms with Gasteiger partial charge < -0.3 is 5.32 Å². The highest BCUT2D eigenvalue weighted by molar-refractivity contribution is 8.03. The van der Waals surface area contributed by atoms with Crippen LogP contribution in [0.5, 0.6) is 0 Å². The van der Waals surface area contributed by atoms with Crippen LogP contribution in [0.4, 0.5) is 0 Å². The average molecular weight is 354 g/mol. The number of rotatable bonds is 7. The van der Waals surface area contributed by atoms with Crippen LogP contribution < -0.4 is 5.32 Å². The molecule has 0 saturated heterocycles. The van der Waals surface area contributed by atoms with Crippen molar-refractivity contribution in [1.29, 1.82) is 0 Å². The third-order valence-corrected chi connectivity index (χ3v) is 6.24. The van der Waals surface area contributed by atoms with E-state index in [9.17, 15) is 4.79 Å². The molecule has 0 aliphatic heterocycles. The number of nitrogens with one attached hydrogen (secondary N) is 1.